The molecule has 3 aromatic rings. The zero-order chi connectivity index (χ0) is 22.5. The third kappa shape index (κ3) is 5.26. The minimum absolute atomic E-state index is 0.245. The first-order chi connectivity index (χ1) is 15.5. The zero-order valence-electron chi connectivity index (χ0n) is 18.0. The molecule has 0 aliphatic carbocycles. The van der Waals surface area contributed by atoms with E-state index < -0.39 is 0 Å². The molecule has 0 saturated carbocycles. The number of rotatable bonds is 7. The van der Waals surface area contributed by atoms with Crippen molar-refractivity contribution in [3.8, 4) is 0 Å². The topological polar surface area (TPSA) is 41.4 Å². The highest BCUT2D eigenvalue weighted by molar-refractivity contribution is 6.31. The van der Waals surface area contributed by atoms with Gasteiger partial charge in [0.05, 0.1) is 18.4 Å². The fourth-order valence-electron chi connectivity index (χ4n) is 3.84. The average molecular weight is 453 g/mol. The second-order valence-electron chi connectivity index (χ2n) is 7.85. The normalized spacial score (nSPS) is 14.9. The molecule has 1 aliphatic heterocycles. The summed E-state index contributed by atoms with van der Waals surface area (Å²) in [4.78, 5) is 16.9. The van der Waals surface area contributed by atoms with Crippen LogP contribution in [0.1, 0.15) is 28.4 Å². The summed E-state index contributed by atoms with van der Waals surface area (Å²) in [5.41, 5.74) is 2.65. The number of halogens is 2. The van der Waals surface area contributed by atoms with Crippen LogP contribution in [0.15, 0.2) is 60.9 Å². The van der Waals surface area contributed by atoms with Gasteiger partial charge in [-0.3, -0.25) is 9.48 Å². The number of carbonyl (C=O) groups is 1. The van der Waals surface area contributed by atoms with E-state index >= 15 is 0 Å². The van der Waals surface area contributed by atoms with Gasteiger partial charge < -0.3 is 9.80 Å². The monoisotopic (exact) mass is 452 g/mol. The Labute approximate surface area is 192 Å². The molecule has 0 amide bonds. The van der Waals surface area contributed by atoms with Crippen molar-refractivity contribution in [3.63, 3.8) is 0 Å². The third-order valence-corrected chi connectivity index (χ3v) is 6.13. The molecule has 0 radical (unpaired) electrons. The van der Waals surface area contributed by atoms with Crippen molar-refractivity contribution < 1.29 is 9.18 Å². The summed E-state index contributed by atoms with van der Waals surface area (Å²) in [7, 11) is 0. The Hall–Kier alpha value is -2.96. The molecule has 5 nitrogen and oxygen atoms in total. The molecule has 0 atom stereocenters. The Balaban J connectivity index is 1.39. The number of ketones is 1. The third-order valence-electron chi connectivity index (χ3n) is 5.76. The molecular formula is C25H26ClFN4O. The second kappa shape index (κ2) is 10.1. The van der Waals surface area contributed by atoms with E-state index in [2.05, 4.69) is 16.9 Å². The van der Waals surface area contributed by atoms with Crippen LogP contribution < -0.4 is 4.90 Å². The van der Waals surface area contributed by atoms with E-state index in [0.717, 1.165) is 43.9 Å². The highest BCUT2D eigenvalue weighted by Crippen LogP contribution is 2.23. The summed E-state index contributed by atoms with van der Waals surface area (Å²) in [6, 6.07) is 12.3. The Morgan fingerprint density at radius 1 is 1.16 bits per heavy atom. The molecular weight excluding hydrogens is 427 g/mol. The quantitative estimate of drug-likeness (QED) is 0.383. The maximum atomic E-state index is 14.7. The number of hydrogen-bond acceptors (Lipinski definition) is 4. The SMILES string of the molecule is CCN1CCN(c2ccc(C(=O)/C=C/c3cnn(Cc4ccccc4Cl)c3)cc2F)CC1. The maximum Gasteiger partial charge on any atom is 0.185 e. The van der Waals surface area contributed by atoms with Gasteiger partial charge in [0.2, 0.25) is 0 Å². The summed E-state index contributed by atoms with van der Waals surface area (Å²) >= 11 is 6.20. The number of likely N-dealkylation sites (N-methyl/N-ethyl adjacent to an activating group) is 1. The summed E-state index contributed by atoms with van der Waals surface area (Å²) in [5, 5.41) is 5.01. The van der Waals surface area contributed by atoms with Crippen molar-refractivity contribution in [2.45, 2.75) is 13.5 Å². The van der Waals surface area contributed by atoms with Crippen LogP contribution in [-0.2, 0) is 6.54 Å². The predicted molar refractivity (Wildman–Crippen MR) is 127 cm³/mol. The number of allylic oxidation sites excluding steroid dienone is 1. The van der Waals surface area contributed by atoms with E-state index in [4.69, 9.17) is 11.6 Å². The van der Waals surface area contributed by atoms with Gasteiger partial charge in [-0.1, -0.05) is 36.7 Å². The molecule has 4 rings (SSSR count). The van der Waals surface area contributed by atoms with Crippen molar-refractivity contribution in [2.75, 3.05) is 37.6 Å². The van der Waals surface area contributed by atoms with Crippen LogP contribution in [-0.4, -0.2) is 53.2 Å². The lowest BCUT2D eigenvalue weighted by molar-refractivity contribution is 0.104. The van der Waals surface area contributed by atoms with Gasteiger partial charge in [0.15, 0.2) is 5.78 Å². The van der Waals surface area contributed by atoms with E-state index in [1.807, 2.05) is 35.4 Å². The highest BCUT2D eigenvalue weighted by atomic mass is 35.5. The Kier molecular flexibility index (Phi) is 7.02. The molecule has 0 N–H and O–H groups in total. The number of benzene rings is 2. The first kappa shape index (κ1) is 22.2. The second-order valence-corrected chi connectivity index (χ2v) is 8.25. The van der Waals surface area contributed by atoms with Crippen LogP contribution in [0.25, 0.3) is 6.08 Å². The molecule has 1 saturated heterocycles. The van der Waals surface area contributed by atoms with Gasteiger partial charge in [0, 0.05) is 48.5 Å². The number of aromatic nitrogens is 2. The summed E-state index contributed by atoms with van der Waals surface area (Å²) in [6.45, 7) is 7.10. The first-order valence-electron chi connectivity index (χ1n) is 10.8. The van der Waals surface area contributed by atoms with Crippen LogP contribution in [0.4, 0.5) is 10.1 Å². The molecule has 1 fully saturated rings. The lowest BCUT2D eigenvalue weighted by atomic mass is 10.1. The van der Waals surface area contributed by atoms with Crippen molar-refractivity contribution in [2.24, 2.45) is 0 Å². The fourth-order valence-corrected chi connectivity index (χ4v) is 4.04. The zero-order valence-corrected chi connectivity index (χ0v) is 18.8. The van der Waals surface area contributed by atoms with Crippen LogP contribution in [0.5, 0.6) is 0 Å². The molecule has 0 unspecified atom stereocenters. The molecule has 2 aromatic carbocycles. The fraction of sp³-hybridized carbons (Fsp3) is 0.280. The van der Waals surface area contributed by atoms with Gasteiger partial charge in [-0.2, -0.15) is 5.10 Å². The maximum absolute atomic E-state index is 14.7. The standard InChI is InChI=1S/C25H26ClFN4O/c1-2-29-11-13-30(14-12-29)24-9-8-20(15-23(24)27)25(32)10-7-19-16-28-31(17-19)18-21-5-3-4-6-22(21)26/h3-10,15-17H,2,11-14,18H2,1H3/b10-7+. The van der Waals surface area contributed by atoms with Crippen molar-refractivity contribution in [1.29, 1.82) is 0 Å². The molecule has 7 heteroatoms. The van der Waals surface area contributed by atoms with E-state index in [-0.39, 0.29) is 11.6 Å². The first-order valence-corrected chi connectivity index (χ1v) is 11.2. The summed E-state index contributed by atoms with van der Waals surface area (Å²) in [5.74, 6) is -0.605. The Bertz CT molecular complexity index is 1120. The number of piperazine rings is 1. The lowest BCUT2D eigenvalue weighted by Gasteiger charge is -2.35. The van der Waals surface area contributed by atoms with Crippen LogP contribution in [0, 0.1) is 5.82 Å². The minimum atomic E-state index is -0.359. The van der Waals surface area contributed by atoms with Gasteiger partial charge in [-0.05, 0) is 48.5 Å². The Morgan fingerprint density at radius 2 is 1.94 bits per heavy atom. The van der Waals surface area contributed by atoms with Crippen molar-refractivity contribution in [3.05, 3.63) is 88.5 Å². The average Bonchev–Trinajstić information content (AvgIpc) is 3.26. The van der Waals surface area contributed by atoms with E-state index in [1.54, 1.807) is 29.1 Å². The summed E-state index contributed by atoms with van der Waals surface area (Å²) < 4.78 is 16.5. The van der Waals surface area contributed by atoms with E-state index in [1.165, 1.54) is 12.1 Å². The van der Waals surface area contributed by atoms with Crippen LogP contribution in [0.2, 0.25) is 5.02 Å². The van der Waals surface area contributed by atoms with Gasteiger partial charge in [0.1, 0.15) is 5.82 Å². The van der Waals surface area contributed by atoms with Gasteiger partial charge in [-0.25, -0.2) is 4.39 Å². The van der Waals surface area contributed by atoms with Gasteiger partial charge in [-0.15, -0.1) is 0 Å². The van der Waals surface area contributed by atoms with E-state index in [0.29, 0.717) is 22.8 Å². The van der Waals surface area contributed by atoms with Gasteiger partial charge >= 0.3 is 0 Å². The van der Waals surface area contributed by atoms with Crippen molar-refractivity contribution >= 4 is 29.1 Å². The number of nitrogens with zero attached hydrogens (tertiary/aromatic N) is 4. The highest BCUT2D eigenvalue weighted by Gasteiger charge is 2.19. The largest absolute Gasteiger partial charge is 0.367 e. The molecule has 0 bridgehead atoms. The molecule has 1 aromatic heterocycles. The Morgan fingerprint density at radius 3 is 2.66 bits per heavy atom. The molecule has 0 spiro atoms. The van der Waals surface area contributed by atoms with Gasteiger partial charge in [0.25, 0.3) is 0 Å². The van der Waals surface area contributed by atoms with E-state index in [9.17, 15) is 9.18 Å². The summed E-state index contributed by atoms with van der Waals surface area (Å²) in [6.07, 6.45) is 6.66. The lowest BCUT2D eigenvalue weighted by Crippen LogP contribution is -2.46. The van der Waals surface area contributed by atoms with Crippen molar-refractivity contribution in [1.82, 2.24) is 14.7 Å². The number of hydrogen-bond donors (Lipinski definition) is 0. The number of anilines is 1. The molecule has 166 valence electrons. The smallest absolute Gasteiger partial charge is 0.185 e. The van der Waals surface area contributed by atoms with Crippen LogP contribution >= 0.6 is 11.6 Å². The minimum Gasteiger partial charge on any atom is -0.367 e. The van der Waals surface area contributed by atoms with Crippen LogP contribution in [0.3, 0.4) is 0 Å². The predicted octanol–water partition coefficient (Wildman–Crippen LogP) is 4.76. The molecule has 2 heterocycles. The molecule has 1 aliphatic rings. The molecule has 32 heavy (non-hydrogen) atoms. The number of carbonyl (C=O) groups excluding carboxylic acids is 1.